The van der Waals surface area contributed by atoms with Crippen LogP contribution in [-0.2, 0) is 9.59 Å². The van der Waals surface area contributed by atoms with E-state index in [2.05, 4.69) is 5.32 Å². The van der Waals surface area contributed by atoms with E-state index in [1.54, 1.807) is 6.07 Å². The van der Waals surface area contributed by atoms with Crippen LogP contribution in [0.2, 0.25) is 0 Å². The molecule has 0 spiro atoms. The summed E-state index contributed by atoms with van der Waals surface area (Å²) in [7, 11) is 0. The molecule has 3 aromatic rings. The molecule has 0 radical (unpaired) electrons. The minimum Gasteiger partial charge on any atom is -0.373 e. The van der Waals surface area contributed by atoms with E-state index in [0.717, 1.165) is 21.4 Å². The van der Waals surface area contributed by atoms with Crippen molar-refractivity contribution in [1.82, 2.24) is 0 Å². The number of rotatable bonds is 3. The Kier molecular flexibility index (Phi) is 3.69. The average Bonchev–Trinajstić information content (AvgIpc) is 2.89. The Morgan fingerprint density at radius 2 is 1.64 bits per heavy atom. The minimum atomic E-state index is -0.701. The largest absolute Gasteiger partial charge is 0.373 e. The number of anilines is 2. The van der Waals surface area contributed by atoms with Crippen molar-refractivity contribution in [3.8, 4) is 0 Å². The maximum atomic E-state index is 14.0. The molecule has 1 aliphatic rings. The summed E-state index contributed by atoms with van der Waals surface area (Å²) < 4.78 is 14.0. The van der Waals surface area contributed by atoms with Crippen molar-refractivity contribution in [2.45, 2.75) is 12.5 Å². The van der Waals surface area contributed by atoms with E-state index in [0.29, 0.717) is 0 Å². The fourth-order valence-corrected chi connectivity index (χ4v) is 3.11. The second kappa shape index (κ2) is 6.02. The van der Waals surface area contributed by atoms with Gasteiger partial charge in [-0.15, -0.1) is 0 Å². The van der Waals surface area contributed by atoms with Crippen molar-refractivity contribution in [1.29, 1.82) is 0 Å². The van der Waals surface area contributed by atoms with Gasteiger partial charge >= 0.3 is 0 Å². The van der Waals surface area contributed by atoms with Gasteiger partial charge < -0.3 is 5.32 Å². The van der Waals surface area contributed by atoms with E-state index in [4.69, 9.17) is 0 Å². The zero-order valence-corrected chi connectivity index (χ0v) is 13.3. The van der Waals surface area contributed by atoms with Crippen LogP contribution in [0.4, 0.5) is 15.8 Å². The van der Waals surface area contributed by atoms with Crippen LogP contribution in [0.5, 0.6) is 0 Å². The Bertz CT molecular complexity index is 986. The summed E-state index contributed by atoms with van der Waals surface area (Å²) in [5, 5.41) is 5.23. The highest BCUT2D eigenvalue weighted by molar-refractivity contribution is 6.23. The zero-order chi connectivity index (χ0) is 17.4. The van der Waals surface area contributed by atoms with Gasteiger partial charge in [-0.1, -0.05) is 42.5 Å². The minimum absolute atomic E-state index is 0.00000551. The Balaban J connectivity index is 1.60. The molecule has 0 bridgehead atoms. The lowest BCUT2D eigenvalue weighted by Crippen LogP contribution is -2.35. The predicted molar refractivity (Wildman–Crippen MR) is 94.9 cm³/mol. The summed E-state index contributed by atoms with van der Waals surface area (Å²) in [6.07, 6.45) is -0.00000551. The first-order valence-electron chi connectivity index (χ1n) is 8.00. The van der Waals surface area contributed by atoms with Crippen LogP contribution < -0.4 is 10.2 Å². The molecular formula is C20H15FN2O2. The fourth-order valence-electron chi connectivity index (χ4n) is 3.11. The zero-order valence-electron chi connectivity index (χ0n) is 13.3. The van der Waals surface area contributed by atoms with E-state index < -0.39 is 23.7 Å². The summed E-state index contributed by atoms with van der Waals surface area (Å²) in [5.41, 5.74) is 0.751. The van der Waals surface area contributed by atoms with E-state index in [9.17, 15) is 14.0 Å². The molecule has 1 fully saturated rings. The first-order chi connectivity index (χ1) is 12.1. The average molecular weight is 334 g/mol. The number of fused-ring (bicyclic) bond motifs is 1. The van der Waals surface area contributed by atoms with Gasteiger partial charge in [-0.05, 0) is 35.0 Å². The molecule has 2 amide bonds. The first-order valence-corrected chi connectivity index (χ1v) is 8.00. The summed E-state index contributed by atoms with van der Waals surface area (Å²) in [5.74, 6) is -1.44. The smallest absolute Gasteiger partial charge is 0.256 e. The Morgan fingerprint density at radius 3 is 2.44 bits per heavy atom. The van der Waals surface area contributed by atoms with Crippen molar-refractivity contribution in [2.75, 3.05) is 10.2 Å². The maximum Gasteiger partial charge on any atom is 0.256 e. The molecule has 3 aromatic carbocycles. The molecule has 0 aromatic heterocycles. The third kappa shape index (κ3) is 2.74. The quantitative estimate of drug-likeness (QED) is 0.743. The number of nitrogens with zero attached hydrogens (tertiary/aromatic N) is 1. The van der Waals surface area contributed by atoms with Gasteiger partial charge in [0.05, 0.1) is 12.1 Å². The van der Waals surface area contributed by atoms with Crippen LogP contribution in [-0.4, -0.2) is 17.9 Å². The van der Waals surface area contributed by atoms with Crippen molar-refractivity contribution >= 4 is 34.0 Å². The normalized spacial score (nSPS) is 17.3. The van der Waals surface area contributed by atoms with E-state index >= 15 is 0 Å². The van der Waals surface area contributed by atoms with Gasteiger partial charge in [0.1, 0.15) is 11.9 Å². The molecule has 4 nitrogen and oxygen atoms in total. The predicted octanol–water partition coefficient (Wildman–Crippen LogP) is 3.72. The van der Waals surface area contributed by atoms with Gasteiger partial charge in [0.2, 0.25) is 5.91 Å². The number of amides is 2. The number of imide groups is 1. The van der Waals surface area contributed by atoms with Crippen LogP contribution in [0.1, 0.15) is 6.42 Å². The molecule has 1 atom stereocenters. The van der Waals surface area contributed by atoms with E-state index in [-0.39, 0.29) is 12.1 Å². The summed E-state index contributed by atoms with van der Waals surface area (Å²) in [6.45, 7) is 0. The molecule has 124 valence electrons. The molecule has 0 unspecified atom stereocenters. The monoisotopic (exact) mass is 334 g/mol. The highest BCUT2D eigenvalue weighted by Crippen LogP contribution is 2.28. The van der Waals surface area contributed by atoms with Gasteiger partial charge in [0.25, 0.3) is 5.91 Å². The van der Waals surface area contributed by atoms with E-state index in [1.165, 1.54) is 18.2 Å². The Morgan fingerprint density at radius 1 is 0.920 bits per heavy atom. The van der Waals surface area contributed by atoms with Crippen LogP contribution in [0.15, 0.2) is 66.7 Å². The van der Waals surface area contributed by atoms with Crippen LogP contribution in [0, 0.1) is 5.82 Å². The van der Waals surface area contributed by atoms with Crippen LogP contribution in [0.3, 0.4) is 0 Å². The van der Waals surface area contributed by atoms with Gasteiger partial charge in [-0.2, -0.15) is 0 Å². The molecule has 4 rings (SSSR count). The van der Waals surface area contributed by atoms with Crippen LogP contribution >= 0.6 is 0 Å². The summed E-state index contributed by atoms with van der Waals surface area (Å²) in [4.78, 5) is 25.8. The van der Waals surface area contributed by atoms with E-state index in [1.807, 2.05) is 42.5 Å². The van der Waals surface area contributed by atoms with Crippen molar-refractivity contribution in [2.24, 2.45) is 0 Å². The van der Waals surface area contributed by atoms with Crippen molar-refractivity contribution < 1.29 is 14.0 Å². The molecular weight excluding hydrogens is 319 g/mol. The maximum absolute atomic E-state index is 14.0. The number of hydrogen-bond acceptors (Lipinski definition) is 3. The number of hydrogen-bond donors (Lipinski definition) is 1. The topological polar surface area (TPSA) is 49.4 Å². The lowest BCUT2D eigenvalue weighted by Gasteiger charge is -2.16. The number of halogens is 1. The third-order valence-electron chi connectivity index (χ3n) is 4.33. The van der Waals surface area contributed by atoms with Crippen molar-refractivity contribution in [3.63, 3.8) is 0 Å². The van der Waals surface area contributed by atoms with Gasteiger partial charge in [0, 0.05) is 5.69 Å². The molecule has 25 heavy (non-hydrogen) atoms. The number of nitrogens with one attached hydrogen (secondary N) is 1. The molecule has 5 heteroatoms. The van der Waals surface area contributed by atoms with Gasteiger partial charge in [-0.25, -0.2) is 9.29 Å². The van der Waals surface area contributed by atoms with Crippen LogP contribution in [0.25, 0.3) is 10.8 Å². The first kappa shape index (κ1) is 15.3. The molecule has 1 N–H and O–H groups in total. The van der Waals surface area contributed by atoms with Gasteiger partial charge in [-0.3, -0.25) is 9.59 Å². The highest BCUT2D eigenvalue weighted by Gasteiger charge is 2.40. The lowest BCUT2D eigenvalue weighted by molar-refractivity contribution is -0.121. The standard InChI is InChI=1S/C20H15FN2O2/c21-16-7-3-4-8-18(16)23-19(24)12-17(20(23)25)22-15-10-9-13-5-1-2-6-14(13)11-15/h1-11,17,22H,12H2/t17-/m1/s1. The molecule has 1 saturated heterocycles. The Hall–Kier alpha value is -3.21. The second-order valence-corrected chi connectivity index (χ2v) is 5.98. The highest BCUT2D eigenvalue weighted by atomic mass is 19.1. The number of carbonyl (C=O) groups excluding carboxylic acids is 2. The van der Waals surface area contributed by atoms with Gasteiger partial charge in [0.15, 0.2) is 0 Å². The lowest BCUT2D eigenvalue weighted by atomic mass is 10.1. The molecule has 0 saturated carbocycles. The number of carbonyl (C=O) groups is 2. The second-order valence-electron chi connectivity index (χ2n) is 5.98. The summed E-state index contributed by atoms with van der Waals surface area (Å²) in [6, 6.07) is 18.7. The molecule has 1 heterocycles. The SMILES string of the molecule is O=C1C[C@@H](Nc2ccc3ccccc3c2)C(=O)N1c1ccccc1F. The fraction of sp³-hybridized carbons (Fsp3) is 0.100. The van der Waals surface area contributed by atoms with Crippen molar-refractivity contribution in [3.05, 3.63) is 72.5 Å². The number of para-hydroxylation sites is 1. The molecule has 0 aliphatic carbocycles. The molecule has 1 aliphatic heterocycles. The number of benzene rings is 3. The third-order valence-corrected chi connectivity index (χ3v) is 4.33. The Labute approximate surface area is 143 Å². The summed E-state index contributed by atoms with van der Waals surface area (Å²) >= 11 is 0.